The fraction of sp³-hybridized carbons (Fsp3) is 0.154. The number of thiophene rings is 1. The fourth-order valence-corrected chi connectivity index (χ4v) is 2.52. The highest BCUT2D eigenvalue weighted by Crippen LogP contribution is 2.30. The van der Waals surface area contributed by atoms with E-state index in [4.69, 9.17) is 5.11 Å². The van der Waals surface area contributed by atoms with Crippen LogP contribution in [0.5, 0.6) is 0 Å². The van der Waals surface area contributed by atoms with E-state index in [0.29, 0.717) is 5.56 Å². The van der Waals surface area contributed by atoms with Crippen LogP contribution in [0.15, 0.2) is 29.0 Å². The molecule has 1 aromatic carbocycles. The van der Waals surface area contributed by atoms with Gasteiger partial charge in [-0.05, 0) is 30.4 Å². The van der Waals surface area contributed by atoms with Crippen molar-refractivity contribution in [3.05, 3.63) is 45.6 Å². The minimum atomic E-state index is -0.864. The van der Waals surface area contributed by atoms with E-state index in [1.54, 1.807) is 5.38 Å². The van der Waals surface area contributed by atoms with Crippen molar-refractivity contribution in [1.82, 2.24) is 0 Å². The molecule has 82 valence electrons. The third-order valence-corrected chi connectivity index (χ3v) is 3.32. The number of hydrogen-bond acceptors (Lipinski definition) is 2. The molecular weight excluding hydrogens is 220 g/mol. The van der Waals surface area contributed by atoms with E-state index in [0.717, 1.165) is 22.3 Å². The Morgan fingerprint density at radius 3 is 2.62 bits per heavy atom. The summed E-state index contributed by atoms with van der Waals surface area (Å²) in [5.41, 5.74) is 4.46. The summed E-state index contributed by atoms with van der Waals surface area (Å²) in [5, 5.41) is 12.7. The molecule has 0 aliphatic carbocycles. The first-order valence-corrected chi connectivity index (χ1v) is 5.91. The van der Waals surface area contributed by atoms with Gasteiger partial charge in [0.2, 0.25) is 0 Å². The van der Waals surface area contributed by atoms with E-state index in [2.05, 4.69) is 0 Å². The van der Waals surface area contributed by atoms with Crippen LogP contribution in [0.2, 0.25) is 0 Å². The number of aromatic carboxylic acids is 1. The van der Waals surface area contributed by atoms with Gasteiger partial charge in [0.15, 0.2) is 0 Å². The molecule has 0 spiro atoms. The van der Waals surface area contributed by atoms with Gasteiger partial charge in [-0.25, -0.2) is 4.79 Å². The van der Waals surface area contributed by atoms with Crippen molar-refractivity contribution in [2.45, 2.75) is 13.8 Å². The summed E-state index contributed by atoms with van der Waals surface area (Å²) in [6.07, 6.45) is 0. The summed E-state index contributed by atoms with van der Waals surface area (Å²) in [5.74, 6) is -0.864. The van der Waals surface area contributed by atoms with E-state index < -0.39 is 5.97 Å². The first-order chi connectivity index (χ1) is 7.59. The van der Waals surface area contributed by atoms with Gasteiger partial charge in [0.25, 0.3) is 0 Å². The molecule has 0 radical (unpaired) electrons. The average molecular weight is 232 g/mol. The van der Waals surface area contributed by atoms with Crippen LogP contribution in [-0.4, -0.2) is 11.1 Å². The summed E-state index contributed by atoms with van der Waals surface area (Å²) in [6.45, 7) is 4.01. The molecule has 3 heteroatoms. The van der Waals surface area contributed by atoms with Crippen molar-refractivity contribution in [2.24, 2.45) is 0 Å². The third kappa shape index (κ3) is 1.86. The van der Waals surface area contributed by atoms with Gasteiger partial charge in [0.1, 0.15) is 0 Å². The van der Waals surface area contributed by atoms with Crippen molar-refractivity contribution in [2.75, 3.05) is 0 Å². The van der Waals surface area contributed by atoms with Gasteiger partial charge in [-0.15, -0.1) is 0 Å². The number of carboxylic acid groups (broad SMARTS) is 1. The van der Waals surface area contributed by atoms with Crippen LogP contribution in [0.25, 0.3) is 11.1 Å². The van der Waals surface area contributed by atoms with Gasteiger partial charge in [-0.1, -0.05) is 23.8 Å². The van der Waals surface area contributed by atoms with Crippen LogP contribution in [0.1, 0.15) is 21.5 Å². The number of hydrogen-bond donors (Lipinski definition) is 1. The van der Waals surface area contributed by atoms with Crippen molar-refractivity contribution in [3.8, 4) is 11.1 Å². The second-order valence-electron chi connectivity index (χ2n) is 3.82. The lowest BCUT2D eigenvalue weighted by Crippen LogP contribution is -1.96. The number of rotatable bonds is 2. The Bertz CT molecular complexity index is 541. The molecule has 2 nitrogen and oxygen atoms in total. The second-order valence-corrected chi connectivity index (χ2v) is 4.57. The second kappa shape index (κ2) is 4.10. The van der Waals surface area contributed by atoms with E-state index in [1.807, 2.05) is 37.4 Å². The Morgan fingerprint density at radius 2 is 1.94 bits per heavy atom. The average Bonchev–Trinajstić information content (AvgIpc) is 2.70. The van der Waals surface area contributed by atoms with E-state index in [1.165, 1.54) is 11.3 Å². The molecule has 2 rings (SSSR count). The number of carboxylic acids is 1. The van der Waals surface area contributed by atoms with Gasteiger partial charge in [0, 0.05) is 10.9 Å². The monoisotopic (exact) mass is 232 g/mol. The van der Waals surface area contributed by atoms with E-state index in [9.17, 15) is 4.79 Å². The molecule has 0 bridgehead atoms. The maximum atomic E-state index is 11.1. The lowest BCUT2D eigenvalue weighted by Gasteiger charge is -2.06. The van der Waals surface area contributed by atoms with Crippen LogP contribution < -0.4 is 0 Å². The van der Waals surface area contributed by atoms with Gasteiger partial charge >= 0.3 is 5.97 Å². The highest BCUT2D eigenvalue weighted by atomic mass is 32.1. The largest absolute Gasteiger partial charge is 0.478 e. The highest BCUT2D eigenvalue weighted by Gasteiger charge is 2.14. The number of benzene rings is 1. The predicted molar refractivity (Wildman–Crippen MR) is 66.2 cm³/mol. The van der Waals surface area contributed by atoms with Gasteiger partial charge in [0.05, 0.1) is 5.56 Å². The molecule has 0 unspecified atom stereocenters. The predicted octanol–water partition coefficient (Wildman–Crippen LogP) is 3.73. The van der Waals surface area contributed by atoms with Gasteiger partial charge in [-0.2, -0.15) is 11.3 Å². The van der Waals surface area contributed by atoms with Crippen molar-refractivity contribution in [3.63, 3.8) is 0 Å². The zero-order valence-electron chi connectivity index (χ0n) is 9.15. The van der Waals surface area contributed by atoms with Crippen LogP contribution in [0.4, 0.5) is 0 Å². The molecule has 0 aliphatic rings. The van der Waals surface area contributed by atoms with Crippen molar-refractivity contribution < 1.29 is 9.90 Å². The summed E-state index contributed by atoms with van der Waals surface area (Å²) < 4.78 is 0. The zero-order chi connectivity index (χ0) is 11.7. The lowest BCUT2D eigenvalue weighted by molar-refractivity contribution is 0.0698. The smallest absolute Gasteiger partial charge is 0.337 e. The first kappa shape index (κ1) is 10.9. The van der Waals surface area contributed by atoms with Crippen molar-refractivity contribution >= 4 is 17.3 Å². The summed E-state index contributed by atoms with van der Waals surface area (Å²) in [6, 6.07) is 6.09. The Labute approximate surface area is 98.2 Å². The zero-order valence-corrected chi connectivity index (χ0v) is 9.97. The maximum Gasteiger partial charge on any atom is 0.337 e. The van der Waals surface area contributed by atoms with Crippen LogP contribution >= 0.6 is 11.3 Å². The quantitative estimate of drug-likeness (QED) is 0.856. The normalized spacial score (nSPS) is 10.4. The maximum absolute atomic E-state index is 11.1. The molecule has 0 atom stereocenters. The van der Waals surface area contributed by atoms with Gasteiger partial charge < -0.3 is 5.11 Å². The SMILES string of the molecule is Cc1ccc(C)c(-c2cscc2C(=O)O)c1. The Balaban J connectivity index is 2.62. The molecule has 16 heavy (non-hydrogen) atoms. The molecule has 0 saturated carbocycles. The standard InChI is InChI=1S/C13H12O2S/c1-8-3-4-9(2)10(5-8)11-6-16-7-12(11)13(14)15/h3-7H,1-2H3,(H,14,15). The first-order valence-electron chi connectivity index (χ1n) is 4.96. The van der Waals surface area contributed by atoms with Crippen LogP contribution in [0.3, 0.4) is 0 Å². The third-order valence-electron chi connectivity index (χ3n) is 2.58. The Kier molecular flexibility index (Phi) is 2.79. The van der Waals surface area contributed by atoms with E-state index in [-0.39, 0.29) is 0 Å². The molecule has 0 saturated heterocycles. The van der Waals surface area contributed by atoms with Crippen LogP contribution in [0, 0.1) is 13.8 Å². The van der Waals surface area contributed by atoms with E-state index >= 15 is 0 Å². The molecule has 1 N–H and O–H groups in total. The summed E-state index contributed by atoms with van der Waals surface area (Å²) >= 11 is 1.42. The Hall–Kier alpha value is -1.61. The lowest BCUT2D eigenvalue weighted by atomic mass is 9.98. The minimum absolute atomic E-state index is 0.388. The van der Waals surface area contributed by atoms with Gasteiger partial charge in [-0.3, -0.25) is 0 Å². The molecule has 1 heterocycles. The number of aryl methyl sites for hydroxylation is 2. The van der Waals surface area contributed by atoms with Crippen molar-refractivity contribution in [1.29, 1.82) is 0 Å². The highest BCUT2D eigenvalue weighted by molar-refractivity contribution is 7.08. The fourth-order valence-electron chi connectivity index (χ4n) is 1.70. The summed E-state index contributed by atoms with van der Waals surface area (Å²) in [7, 11) is 0. The summed E-state index contributed by atoms with van der Waals surface area (Å²) in [4.78, 5) is 11.1. The molecule has 2 aromatic rings. The minimum Gasteiger partial charge on any atom is -0.478 e. The topological polar surface area (TPSA) is 37.3 Å². The van der Waals surface area contributed by atoms with Crippen LogP contribution in [-0.2, 0) is 0 Å². The molecule has 0 aliphatic heterocycles. The molecule has 0 amide bonds. The molecular formula is C13H12O2S. The molecule has 0 fully saturated rings. The molecule has 1 aromatic heterocycles. The number of carbonyl (C=O) groups is 1. The Morgan fingerprint density at radius 1 is 1.19 bits per heavy atom.